The van der Waals surface area contributed by atoms with Crippen LogP contribution in [0.2, 0.25) is 0 Å². The molecule has 1 aromatic carbocycles. The Kier molecular flexibility index (Phi) is 3.91. The third-order valence-corrected chi connectivity index (χ3v) is 7.28. The van der Waals surface area contributed by atoms with E-state index in [0.717, 1.165) is 36.2 Å². The van der Waals surface area contributed by atoms with E-state index in [2.05, 4.69) is 19.1 Å². The largest absolute Gasteiger partial charge is 0.508 e. The maximum Gasteiger partial charge on any atom is 0.119 e. The lowest BCUT2D eigenvalue weighted by Gasteiger charge is -2.49. The molecule has 0 unspecified atom stereocenters. The van der Waals surface area contributed by atoms with Crippen molar-refractivity contribution in [2.75, 3.05) is 13.7 Å². The summed E-state index contributed by atoms with van der Waals surface area (Å²) in [7, 11) is 1.73. The van der Waals surface area contributed by atoms with E-state index in [9.17, 15) is 5.11 Å². The molecule has 0 aliphatic heterocycles. The van der Waals surface area contributed by atoms with Crippen LogP contribution in [0.25, 0.3) is 0 Å². The monoisotopic (exact) mass is 314 g/mol. The van der Waals surface area contributed by atoms with Gasteiger partial charge < -0.3 is 9.84 Å². The van der Waals surface area contributed by atoms with Gasteiger partial charge in [0.05, 0.1) is 6.61 Å². The van der Waals surface area contributed by atoms with Gasteiger partial charge in [0.2, 0.25) is 0 Å². The third-order valence-electron chi connectivity index (χ3n) is 7.28. The fraction of sp³-hybridized carbons (Fsp3) is 0.714. The summed E-state index contributed by atoms with van der Waals surface area (Å²) >= 11 is 0. The summed E-state index contributed by atoms with van der Waals surface area (Å²) in [6.45, 7) is 3.23. The van der Waals surface area contributed by atoms with Crippen LogP contribution < -0.4 is 0 Å². The predicted molar refractivity (Wildman–Crippen MR) is 92.9 cm³/mol. The number of aryl methyl sites for hydroxylation is 1. The topological polar surface area (TPSA) is 29.5 Å². The molecular weight excluding hydrogens is 284 g/mol. The van der Waals surface area contributed by atoms with Gasteiger partial charge in [0, 0.05) is 7.11 Å². The van der Waals surface area contributed by atoms with Crippen molar-refractivity contribution in [2.24, 2.45) is 17.3 Å². The summed E-state index contributed by atoms with van der Waals surface area (Å²) in [5, 5.41) is 10.3. The average molecular weight is 314 g/mol. The molecule has 1 N–H and O–H groups in total. The Bertz CT molecular complexity index is 594. The third kappa shape index (κ3) is 2.50. The zero-order valence-electron chi connectivity index (χ0n) is 14.6. The molecule has 3 aliphatic carbocycles. The molecule has 2 heteroatoms. The minimum atomic E-state index is 0.473. The quantitative estimate of drug-likeness (QED) is 0.866. The number of hydrogen-bond donors (Lipinski definition) is 1. The minimum Gasteiger partial charge on any atom is -0.508 e. The fourth-order valence-corrected chi connectivity index (χ4v) is 6.06. The summed E-state index contributed by atoms with van der Waals surface area (Å²) in [4.78, 5) is 0. The van der Waals surface area contributed by atoms with Crippen LogP contribution in [0.5, 0.6) is 5.75 Å². The van der Waals surface area contributed by atoms with Gasteiger partial charge in [0.25, 0.3) is 0 Å². The number of aromatic hydroxyl groups is 1. The molecular formula is C21H30O2. The van der Waals surface area contributed by atoms with Crippen LogP contribution in [0.3, 0.4) is 0 Å². The van der Waals surface area contributed by atoms with Crippen molar-refractivity contribution >= 4 is 0 Å². The highest BCUT2D eigenvalue weighted by molar-refractivity contribution is 5.45. The number of fused-ring (bicyclic) bond motifs is 5. The zero-order chi connectivity index (χ0) is 16.0. The average Bonchev–Trinajstić information content (AvgIpc) is 2.94. The highest BCUT2D eigenvalue weighted by atomic mass is 16.5. The second kappa shape index (κ2) is 5.81. The molecule has 1 aromatic rings. The molecule has 23 heavy (non-hydrogen) atoms. The van der Waals surface area contributed by atoms with E-state index in [1.165, 1.54) is 44.1 Å². The molecule has 4 atom stereocenters. The van der Waals surface area contributed by atoms with Crippen LogP contribution in [0.4, 0.5) is 0 Å². The second-order valence-electron chi connectivity index (χ2n) is 8.42. The lowest BCUT2D eigenvalue weighted by molar-refractivity contribution is 0.0598. The van der Waals surface area contributed by atoms with Crippen molar-refractivity contribution in [3.8, 4) is 5.75 Å². The molecule has 0 bridgehead atoms. The summed E-state index contributed by atoms with van der Waals surface area (Å²) in [6, 6.07) is 4.37. The number of phenolic OH excluding ortho intramolecular Hbond substituents is 1. The van der Waals surface area contributed by atoms with E-state index >= 15 is 0 Å². The molecule has 2 nitrogen and oxygen atoms in total. The number of rotatable bonds is 3. The maximum atomic E-state index is 10.3. The Morgan fingerprint density at radius 3 is 2.91 bits per heavy atom. The molecule has 0 amide bonds. The normalized spacial score (nSPS) is 35.5. The zero-order valence-corrected chi connectivity index (χ0v) is 14.6. The van der Waals surface area contributed by atoms with Crippen LogP contribution >= 0.6 is 0 Å². The van der Waals surface area contributed by atoms with Crippen LogP contribution in [0.15, 0.2) is 12.1 Å². The van der Waals surface area contributed by atoms with Gasteiger partial charge in [-0.2, -0.15) is 0 Å². The Balaban J connectivity index is 1.67. The second-order valence-corrected chi connectivity index (χ2v) is 8.42. The first-order valence-electron chi connectivity index (χ1n) is 9.46. The van der Waals surface area contributed by atoms with Crippen LogP contribution in [0.1, 0.15) is 68.1 Å². The van der Waals surface area contributed by atoms with Crippen LogP contribution in [-0.4, -0.2) is 18.8 Å². The van der Waals surface area contributed by atoms with E-state index in [1.807, 2.05) is 0 Å². The van der Waals surface area contributed by atoms with Gasteiger partial charge in [-0.3, -0.25) is 0 Å². The predicted octanol–water partition coefficient (Wildman–Crippen LogP) is 4.83. The fourth-order valence-electron chi connectivity index (χ4n) is 6.06. The number of hydrogen-bond acceptors (Lipinski definition) is 2. The van der Waals surface area contributed by atoms with Gasteiger partial charge >= 0.3 is 0 Å². The standard InChI is InChI=1S/C21H30O2/c1-21-9-3-4-19(21)17-6-5-14-13-20(22)15(8-11-23-2)12-18(14)16(17)7-10-21/h12-13,16-17,19,22H,3-11H2,1-2H3/t16-,17+,19-,21-/m0/s1. The molecule has 0 aromatic heterocycles. The lowest BCUT2D eigenvalue weighted by atomic mass is 9.56. The first-order valence-corrected chi connectivity index (χ1v) is 9.46. The van der Waals surface area contributed by atoms with Gasteiger partial charge in [0.15, 0.2) is 0 Å². The Labute approximate surface area is 140 Å². The van der Waals surface area contributed by atoms with Gasteiger partial charge in [-0.25, -0.2) is 0 Å². The highest BCUT2D eigenvalue weighted by Gasteiger charge is 2.50. The molecule has 0 saturated heterocycles. The molecule has 2 saturated carbocycles. The Morgan fingerprint density at radius 1 is 1.22 bits per heavy atom. The van der Waals surface area contributed by atoms with Crippen molar-refractivity contribution in [3.05, 3.63) is 28.8 Å². The van der Waals surface area contributed by atoms with E-state index in [1.54, 1.807) is 12.7 Å². The smallest absolute Gasteiger partial charge is 0.119 e. The summed E-state index contributed by atoms with van der Waals surface area (Å²) in [5.41, 5.74) is 4.66. The van der Waals surface area contributed by atoms with E-state index in [4.69, 9.17) is 4.74 Å². The van der Waals surface area contributed by atoms with Gasteiger partial charge in [-0.15, -0.1) is 0 Å². The molecule has 3 aliphatic rings. The highest BCUT2D eigenvalue weighted by Crippen LogP contribution is 2.61. The van der Waals surface area contributed by atoms with Crippen molar-refractivity contribution < 1.29 is 9.84 Å². The number of ether oxygens (including phenoxy) is 1. The van der Waals surface area contributed by atoms with Gasteiger partial charge in [0.1, 0.15) is 5.75 Å². The van der Waals surface area contributed by atoms with Gasteiger partial charge in [-0.1, -0.05) is 19.4 Å². The van der Waals surface area contributed by atoms with E-state index in [-0.39, 0.29) is 0 Å². The summed E-state index contributed by atoms with van der Waals surface area (Å²) < 4.78 is 5.21. The van der Waals surface area contributed by atoms with Crippen molar-refractivity contribution in [1.29, 1.82) is 0 Å². The molecule has 126 valence electrons. The van der Waals surface area contributed by atoms with Gasteiger partial charge in [-0.05, 0) is 90.9 Å². The lowest BCUT2D eigenvalue weighted by Crippen LogP contribution is -2.39. The maximum absolute atomic E-state index is 10.3. The summed E-state index contributed by atoms with van der Waals surface area (Å²) in [6.07, 6.45) is 10.4. The van der Waals surface area contributed by atoms with E-state index < -0.39 is 0 Å². The first kappa shape index (κ1) is 15.5. The first-order chi connectivity index (χ1) is 11.1. The minimum absolute atomic E-state index is 0.473. The SMILES string of the molecule is COCCc1cc2c(cc1O)CC[C@@H]1[C@@H]2CC[C@]2(C)CCC[C@@H]12. The van der Waals surface area contributed by atoms with Crippen LogP contribution in [0, 0.1) is 17.3 Å². The van der Waals surface area contributed by atoms with E-state index in [0.29, 0.717) is 17.8 Å². The molecule has 0 spiro atoms. The molecule has 0 heterocycles. The van der Waals surface area contributed by atoms with Crippen molar-refractivity contribution in [1.82, 2.24) is 0 Å². The molecule has 0 radical (unpaired) electrons. The number of phenols is 1. The molecule has 2 fully saturated rings. The number of methoxy groups -OCH3 is 1. The summed E-state index contributed by atoms with van der Waals surface area (Å²) in [5.74, 6) is 3.02. The number of benzene rings is 1. The molecule has 4 rings (SSSR count). The van der Waals surface area contributed by atoms with Crippen molar-refractivity contribution in [3.63, 3.8) is 0 Å². The Morgan fingerprint density at radius 2 is 2.09 bits per heavy atom. The van der Waals surface area contributed by atoms with Crippen molar-refractivity contribution in [2.45, 2.75) is 64.2 Å². The Hall–Kier alpha value is -1.02. The van der Waals surface area contributed by atoms with Crippen LogP contribution in [-0.2, 0) is 17.6 Å².